The van der Waals surface area contributed by atoms with E-state index < -0.39 is 0 Å². The molecule has 0 saturated heterocycles. The van der Waals surface area contributed by atoms with Crippen LogP contribution in [0.1, 0.15) is 30.5 Å². The second-order valence-electron chi connectivity index (χ2n) is 6.77. The zero-order valence-electron chi connectivity index (χ0n) is 15.9. The van der Waals surface area contributed by atoms with Crippen LogP contribution in [0.25, 0.3) is 22.3 Å². The zero-order chi connectivity index (χ0) is 20.4. The predicted octanol–water partition coefficient (Wildman–Crippen LogP) is 6.03. The molecule has 0 aliphatic rings. The molecule has 0 radical (unpaired) electrons. The van der Waals surface area contributed by atoms with Crippen molar-refractivity contribution in [1.29, 1.82) is 0 Å². The highest BCUT2D eigenvalue weighted by atomic mass is 79.9. The van der Waals surface area contributed by atoms with Gasteiger partial charge in [0.2, 0.25) is 0 Å². The van der Waals surface area contributed by atoms with Crippen LogP contribution in [0, 0.1) is 5.82 Å². The van der Waals surface area contributed by atoms with Gasteiger partial charge in [-0.25, -0.2) is 14.1 Å². The molecular weight excluding hydrogens is 431 g/mol. The Morgan fingerprint density at radius 1 is 1.14 bits per heavy atom. The maximum absolute atomic E-state index is 13.3. The number of hydrogen-bond donors (Lipinski definition) is 1. The Hall–Kier alpha value is -2.99. The molecule has 4 aromatic rings. The number of rotatable bonds is 6. The molecule has 4 rings (SSSR count). The number of nitrogens with one attached hydrogen (secondary N) is 1. The van der Waals surface area contributed by atoms with Crippen LogP contribution >= 0.6 is 15.9 Å². The van der Waals surface area contributed by atoms with Crippen LogP contribution < -0.4 is 5.32 Å². The number of benzene rings is 2. The SMILES string of the molecule is C=C(N[C@@H](CC)c1ccc(Br)nc1)c1cccc2c1cnn2-c1ccc(F)cc1. The van der Waals surface area contributed by atoms with Gasteiger partial charge in [0, 0.05) is 22.8 Å². The second-order valence-corrected chi connectivity index (χ2v) is 7.58. The van der Waals surface area contributed by atoms with Crippen molar-refractivity contribution in [2.75, 3.05) is 0 Å². The van der Waals surface area contributed by atoms with Gasteiger partial charge in [-0.05, 0) is 64.3 Å². The van der Waals surface area contributed by atoms with Gasteiger partial charge in [-0.3, -0.25) is 0 Å². The van der Waals surface area contributed by atoms with E-state index in [2.05, 4.69) is 50.9 Å². The summed E-state index contributed by atoms with van der Waals surface area (Å²) in [6.07, 6.45) is 4.59. The van der Waals surface area contributed by atoms with Crippen LogP contribution in [0.3, 0.4) is 0 Å². The molecule has 0 unspecified atom stereocenters. The summed E-state index contributed by atoms with van der Waals surface area (Å²) in [4.78, 5) is 4.33. The molecule has 0 saturated carbocycles. The van der Waals surface area contributed by atoms with Crippen molar-refractivity contribution in [1.82, 2.24) is 20.1 Å². The van der Waals surface area contributed by atoms with E-state index in [4.69, 9.17) is 0 Å². The molecule has 4 nitrogen and oxygen atoms in total. The number of aromatic nitrogens is 3. The fraction of sp³-hybridized carbons (Fsp3) is 0.130. The Balaban J connectivity index is 1.66. The summed E-state index contributed by atoms with van der Waals surface area (Å²) in [5.41, 5.74) is 4.66. The van der Waals surface area contributed by atoms with Gasteiger partial charge in [0.1, 0.15) is 10.4 Å². The van der Waals surface area contributed by atoms with Crippen molar-refractivity contribution >= 4 is 32.5 Å². The molecule has 0 spiro atoms. The molecule has 0 aliphatic carbocycles. The average molecular weight is 451 g/mol. The number of hydrogen-bond acceptors (Lipinski definition) is 3. The Morgan fingerprint density at radius 2 is 1.93 bits per heavy atom. The van der Waals surface area contributed by atoms with Gasteiger partial charge in [0.25, 0.3) is 0 Å². The lowest BCUT2D eigenvalue weighted by atomic mass is 10.0. The molecule has 2 aromatic heterocycles. The molecule has 146 valence electrons. The molecular formula is C23H20BrFN4. The fourth-order valence-corrected chi connectivity index (χ4v) is 3.64. The van der Waals surface area contributed by atoms with Gasteiger partial charge in [-0.1, -0.05) is 31.7 Å². The molecule has 29 heavy (non-hydrogen) atoms. The first-order valence-corrected chi connectivity index (χ1v) is 10.2. The molecule has 0 bridgehead atoms. The Labute approximate surface area is 177 Å². The molecule has 2 heterocycles. The van der Waals surface area contributed by atoms with Crippen LogP contribution in [0.2, 0.25) is 0 Å². The quantitative estimate of drug-likeness (QED) is 0.364. The standard InChI is InChI=1S/C23H20BrFN4/c1-3-21(16-7-12-23(24)26-13-16)28-15(2)19-5-4-6-22-20(19)14-27-29(22)18-10-8-17(25)9-11-18/h4-14,21,28H,2-3H2,1H3/t21-/m0/s1. The van der Waals surface area contributed by atoms with Crippen LogP contribution in [-0.4, -0.2) is 14.8 Å². The Kier molecular flexibility index (Phi) is 5.45. The van der Waals surface area contributed by atoms with Crippen LogP contribution in [-0.2, 0) is 0 Å². The monoisotopic (exact) mass is 450 g/mol. The highest BCUT2D eigenvalue weighted by molar-refractivity contribution is 9.10. The average Bonchev–Trinajstić information content (AvgIpc) is 3.17. The third-order valence-electron chi connectivity index (χ3n) is 4.92. The minimum Gasteiger partial charge on any atom is -0.378 e. The smallest absolute Gasteiger partial charge is 0.123 e. The topological polar surface area (TPSA) is 42.7 Å². The molecule has 1 N–H and O–H groups in total. The minimum absolute atomic E-state index is 0.102. The third-order valence-corrected chi connectivity index (χ3v) is 5.39. The van der Waals surface area contributed by atoms with Gasteiger partial charge in [-0.15, -0.1) is 0 Å². The predicted molar refractivity (Wildman–Crippen MR) is 118 cm³/mol. The van der Waals surface area contributed by atoms with Crippen LogP contribution in [0.15, 0.2) is 78.2 Å². The van der Waals surface area contributed by atoms with Crippen molar-refractivity contribution in [3.8, 4) is 5.69 Å². The van der Waals surface area contributed by atoms with E-state index in [1.165, 1.54) is 12.1 Å². The Bertz CT molecular complexity index is 1150. The molecule has 0 aliphatic heterocycles. The summed E-state index contributed by atoms with van der Waals surface area (Å²) in [6.45, 7) is 6.40. The lowest BCUT2D eigenvalue weighted by Gasteiger charge is -2.20. The lowest BCUT2D eigenvalue weighted by molar-refractivity contribution is 0.612. The van der Waals surface area contributed by atoms with Gasteiger partial charge < -0.3 is 5.32 Å². The summed E-state index contributed by atoms with van der Waals surface area (Å²) < 4.78 is 15.9. The van der Waals surface area contributed by atoms with E-state index in [1.54, 1.807) is 12.1 Å². The van der Waals surface area contributed by atoms with E-state index in [9.17, 15) is 4.39 Å². The third kappa shape index (κ3) is 3.93. The highest BCUT2D eigenvalue weighted by Gasteiger charge is 2.15. The maximum Gasteiger partial charge on any atom is 0.123 e. The van der Waals surface area contributed by atoms with Crippen LogP contribution in [0.4, 0.5) is 4.39 Å². The van der Waals surface area contributed by atoms with Crippen molar-refractivity contribution in [2.45, 2.75) is 19.4 Å². The van der Waals surface area contributed by atoms with E-state index in [1.807, 2.05) is 41.3 Å². The molecule has 0 amide bonds. The fourth-order valence-electron chi connectivity index (χ4n) is 3.40. The number of nitrogens with zero attached hydrogens (tertiary/aromatic N) is 3. The van der Waals surface area contributed by atoms with E-state index in [0.29, 0.717) is 0 Å². The molecule has 2 aromatic carbocycles. The van der Waals surface area contributed by atoms with Gasteiger partial charge >= 0.3 is 0 Å². The Morgan fingerprint density at radius 3 is 2.62 bits per heavy atom. The van der Waals surface area contributed by atoms with Gasteiger partial charge in [-0.2, -0.15) is 5.10 Å². The maximum atomic E-state index is 13.3. The lowest BCUT2D eigenvalue weighted by Crippen LogP contribution is -2.19. The van der Waals surface area contributed by atoms with E-state index in [-0.39, 0.29) is 11.9 Å². The second kappa shape index (κ2) is 8.17. The van der Waals surface area contributed by atoms with Crippen molar-refractivity contribution in [3.63, 3.8) is 0 Å². The summed E-state index contributed by atoms with van der Waals surface area (Å²) in [5, 5.41) is 9.03. The van der Waals surface area contributed by atoms with E-state index >= 15 is 0 Å². The summed E-state index contributed by atoms with van der Waals surface area (Å²) in [6, 6.07) is 16.4. The van der Waals surface area contributed by atoms with Crippen molar-refractivity contribution in [3.05, 3.63) is 95.1 Å². The number of fused-ring (bicyclic) bond motifs is 1. The van der Waals surface area contributed by atoms with E-state index in [0.717, 1.165) is 44.4 Å². The first kappa shape index (κ1) is 19.3. The summed E-state index contributed by atoms with van der Waals surface area (Å²) in [5.74, 6) is -0.267. The largest absolute Gasteiger partial charge is 0.378 e. The van der Waals surface area contributed by atoms with Gasteiger partial charge in [0.05, 0.1) is 23.4 Å². The molecule has 1 atom stereocenters. The first-order valence-electron chi connectivity index (χ1n) is 9.36. The summed E-state index contributed by atoms with van der Waals surface area (Å²) in [7, 11) is 0. The number of halogens is 2. The van der Waals surface area contributed by atoms with Crippen molar-refractivity contribution < 1.29 is 4.39 Å². The van der Waals surface area contributed by atoms with Gasteiger partial charge in [0.15, 0.2) is 0 Å². The zero-order valence-corrected chi connectivity index (χ0v) is 17.5. The van der Waals surface area contributed by atoms with Crippen LogP contribution in [0.5, 0.6) is 0 Å². The highest BCUT2D eigenvalue weighted by Crippen LogP contribution is 2.28. The summed E-state index contributed by atoms with van der Waals surface area (Å²) >= 11 is 3.38. The normalized spacial score (nSPS) is 12.1. The molecule has 0 fully saturated rings. The molecule has 6 heteroatoms. The van der Waals surface area contributed by atoms with Crippen molar-refractivity contribution in [2.24, 2.45) is 0 Å². The first-order chi connectivity index (χ1) is 14.1. The minimum atomic E-state index is -0.267. The number of pyridine rings is 1.